The van der Waals surface area contributed by atoms with E-state index in [4.69, 9.17) is 18.9 Å². The number of rotatable bonds is 19. The number of hydrogen-bond acceptors (Lipinski definition) is 4. The Morgan fingerprint density at radius 1 is 0.217 bits per heavy atom. The molecule has 0 heterocycles. The Morgan fingerprint density at radius 3 is 0.554 bits per heavy atom. The lowest BCUT2D eigenvalue weighted by molar-refractivity contribution is 0.401. The van der Waals surface area contributed by atoms with Crippen LogP contribution < -0.4 is 18.9 Å². The third kappa shape index (κ3) is 13.9. The summed E-state index contributed by atoms with van der Waals surface area (Å²) in [5.41, 5.74) is 19.3. The molecule has 12 aromatic carbocycles. The van der Waals surface area contributed by atoms with Crippen molar-refractivity contribution >= 4 is 46.6 Å². The maximum absolute atomic E-state index is 14.6. The Morgan fingerprint density at radius 2 is 0.380 bits per heavy atom. The third-order valence-electron chi connectivity index (χ3n) is 16.3. The van der Waals surface area contributed by atoms with Gasteiger partial charge in [0.1, 0.15) is 46.3 Å². The van der Waals surface area contributed by atoms with E-state index >= 15 is 0 Å². The van der Waals surface area contributed by atoms with Crippen LogP contribution in [0.25, 0.3) is 80.0 Å². The van der Waals surface area contributed by atoms with Gasteiger partial charge in [-0.25, -0.2) is 17.6 Å². The van der Waals surface area contributed by atoms with Gasteiger partial charge in [-0.15, -0.1) is 0 Å². The molecule has 0 unspecified atom stereocenters. The van der Waals surface area contributed by atoms with Gasteiger partial charge in [0.25, 0.3) is 0 Å². The summed E-state index contributed by atoms with van der Waals surface area (Å²) >= 11 is 0. The molecule has 0 aliphatic carbocycles. The van der Waals surface area contributed by atoms with Gasteiger partial charge in [-0.3, -0.25) is 0 Å². The molecule has 8 heteroatoms. The second-order valence-corrected chi connectivity index (χ2v) is 22.0. The topological polar surface area (TPSA) is 36.9 Å². The number of methoxy groups -OCH3 is 4. The molecule has 0 amide bonds. The van der Waals surface area contributed by atoms with Crippen LogP contribution in [0.5, 0.6) is 23.0 Å². The summed E-state index contributed by atoms with van der Waals surface area (Å²) < 4.78 is 82.4. The normalized spacial score (nSPS) is 12.0. The van der Waals surface area contributed by atoms with Crippen molar-refractivity contribution < 1.29 is 36.5 Å². The van der Waals surface area contributed by atoms with Crippen LogP contribution in [0.4, 0.5) is 17.6 Å². The van der Waals surface area contributed by atoms with E-state index in [0.717, 1.165) is 122 Å². The highest BCUT2D eigenvalue weighted by atomic mass is 19.1. The Kier molecular flexibility index (Phi) is 18.4. The van der Waals surface area contributed by atoms with Gasteiger partial charge < -0.3 is 18.9 Å². The lowest BCUT2D eigenvalue weighted by atomic mass is 9.91. The van der Waals surface area contributed by atoms with Crippen molar-refractivity contribution in [2.75, 3.05) is 28.4 Å². The van der Waals surface area contributed by atoms with Crippen molar-refractivity contribution in [1.82, 2.24) is 0 Å². The van der Waals surface area contributed by atoms with Gasteiger partial charge >= 0.3 is 0 Å². The van der Waals surface area contributed by atoms with Gasteiger partial charge in [-0.05, 0) is 197 Å². The highest BCUT2D eigenvalue weighted by molar-refractivity contribution is 5.98. The lowest BCUT2D eigenvalue weighted by Crippen LogP contribution is -1.96. The molecule has 0 aliphatic rings. The van der Waals surface area contributed by atoms with Crippen molar-refractivity contribution in [1.29, 1.82) is 0 Å². The fourth-order valence-electron chi connectivity index (χ4n) is 11.4. The summed E-state index contributed by atoms with van der Waals surface area (Å²) in [6, 6.07) is 86.8. The zero-order chi connectivity index (χ0) is 63.5. The molecule has 0 spiro atoms. The first-order chi connectivity index (χ1) is 45.0. The molecule has 12 aromatic rings. The molecule has 0 atom stereocenters. The molecule has 450 valence electrons. The van der Waals surface area contributed by atoms with Crippen LogP contribution in [0.1, 0.15) is 66.8 Å². The van der Waals surface area contributed by atoms with Gasteiger partial charge in [0, 0.05) is 22.3 Å². The predicted molar refractivity (Wildman–Crippen MR) is 368 cm³/mol. The highest BCUT2D eigenvalue weighted by Gasteiger charge is 2.19. The molecular formula is C84H62F4O4. The predicted octanol–water partition coefficient (Wildman–Crippen LogP) is 21.6. The van der Waals surface area contributed by atoms with E-state index in [9.17, 15) is 17.6 Å². The summed E-state index contributed by atoms with van der Waals surface area (Å²) in [5.74, 6) is 0.921. The van der Waals surface area contributed by atoms with Crippen LogP contribution in [-0.4, -0.2) is 28.4 Å². The van der Waals surface area contributed by atoms with E-state index in [-0.39, 0.29) is 23.3 Å². The zero-order valence-corrected chi connectivity index (χ0v) is 51.0. The number of hydrogen-bond donors (Lipinski definition) is 0. The van der Waals surface area contributed by atoms with Gasteiger partial charge in [0.2, 0.25) is 0 Å². The van der Waals surface area contributed by atoms with E-state index in [1.807, 2.05) is 109 Å². The van der Waals surface area contributed by atoms with E-state index < -0.39 is 0 Å². The van der Waals surface area contributed by atoms with Crippen LogP contribution in [0.2, 0.25) is 0 Å². The minimum Gasteiger partial charge on any atom is -0.496 e. The monoisotopic (exact) mass is 1210 g/mol. The molecule has 0 aliphatic heterocycles. The first-order valence-corrected chi connectivity index (χ1v) is 30.0. The van der Waals surface area contributed by atoms with Crippen LogP contribution in [0.3, 0.4) is 0 Å². The summed E-state index contributed by atoms with van der Waals surface area (Å²) in [7, 11) is 6.49. The fraction of sp³-hybridized carbons (Fsp3) is 0.0476. The first kappa shape index (κ1) is 60.8. The number of benzene rings is 12. The Labute approximate surface area is 534 Å². The minimum atomic E-state index is -0.355. The smallest absolute Gasteiger partial charge is 0.126 e. The Hall–Kier alpha value is -11.5. The maximum Gasteiger partial charge on any atom is 0.126 e. The maximum atomic E-state index is 14.6. The Balaban J connectivity index is 0.871. The van der Waals surface area contributed by atoms with Crippen LogP contribution in [0, 0.1) is 23.3 Å². The molecule has 12 rings (SSSR count). The molecule has 4 nitrogen and oxygen atoms in total. The van der Waals surface area contributed by atoms with E-state index in [1.165, 1.54) is 48.5 Å². The molecule has 92 heavy (non-hydrogen) atoms. The SMILES string of the molecule is COc1cc(/C=C(\c2ccc(F)cc2)c2ccc(-c3ccc(/C(=C/c4cc(OC)c(/C=C(/c5ccc(F)cc5)c5ccc(-c6ccccc6)cc5)cc4OC)c4ccc(F)cc4)cc3)cc2)c(OC)cc1/C=C(\c1ccc(F)cc1)c1ccc(-c2ccccc2)cc1. The fourth-order valence-corrected chi connectivity index (χ4v) is 11.4. The Bertz CT molecular complexity index is 4350. The molecule has 0 radical (unpaired) electrons. The van der Waals surface area contributed by atoms with Gasteiger partial charge in [0.15, 0.2) is 0 Å². The quantitative estimate of drug-likeness (QED) is 0.0597. The van der Waals surface area contributed by atoms with Crippen molar-refractivity contribution in [3.05, 3.63) is 369 Å². The van der Waals surface area contributed by atoms with Crippen molar-refractivity contribution in [3.63, 3.8) is 0 Å². The molecule has 0 aromatic heterocycles. The average molecular weight is 1210 g/mol. The van der Waals surface area contributed by atoms with E-state index in [1.54, 1.807) is 77.0 Å². The number of halogens is 4. The molecule has 0 saturated carbocycles. The molecule has 0 saturated heterocycles. The van der Waals surface area contributed by atoms with E-state index in [0.29, 0.717) is 23.0 Å². The lowest BCUT2D eigenvalue weighted by Gasteiger charge is -2.16. The molecular weight excluding hydrogens is 1150 g/mol. The van der Waals surface area contributed by atoms with Crippen molar-refractivity contribution in [2.45, 2.75) is 0 Å². The molecule has 0 fully saturated rings. The summed E-state index contributed by atoms with van der Waals surface area (Å²) in [5, 5.41) is 0. The number of ether oxygens (including phenoxy) is 4. The second-order valence-electron chi connectivity index (χ2n) is 22.0. The third-order valence-corrected chi connectivity index (χ3v) is 16.3. The molecule has 0 N–H and O–H groups in total. The minimum absolute atomic E-state index is 0.331. The van der Waals surface area contributed by atoms with Gasteiger partial charge in [0.05, 0.1) is 28.4 Å². The van der Waals surface area contributed by atoms with Crippen molar-refractivity contribution in [3.8, 4) is 56.4 Å². The van der Waals surface area contributed by atoms with Crippen LogP contribution in [-0.2, 0) is 0 Å². The first-order valence-electron chi connectivity index (χ1n) is 30.0. The highest BCUT2D eigenvalue weighted by Crippen LogP contribution is 2.41. The second kappa shape index (κ2) is 27.9. The van der Waals surface area contributed by atoms with Crippen LogP contribution >= 0.6 is 0 Å². The van der Waals surface area contributed by atoms with Gasteiger partial charge in [-0.1, -0.05) is 206 Å². The summed E-state index contributed by atoms with van der Waals surface area (Å²) in [6.07, 6.45) is 8.09. The van der Waals surface area contributed by atoms with Crippen molar-refractivity contribution in [2.24, 2.45) is 0 Å². The average Bonchev–Trinajstić information content (AvgIpc) is 3.06. The summed E-state index contributed by atoms with van der Waals surface area (Å²) in [4.78, 5) is 0. The summed E-state index contributed by atoms with van der Waals surface area (Å²) in [6.45, 7) is 0. The van der Waals surface area contributed by atoms with E-state index in [2.05, 4.69) is 97.1 Å². The standard InChI is InChI=1S/C84H62F4O4/c1-89-81-53-71(83(91-3)51-69(81)47-77(65-31-39-73(85)40-32-65)61-23-15-57(16-24-61)55-11-7-5-8-12-55)49-79(67-35-43-75(87)44-36-67)63-27-19-59(20-28-63)60-21-29-64(30-22-60)80(68-37-45-76(88)46-38-68)50-72-54-82(90-2)70(52-84(72)92-4)48-78(66-33-41-74(86)42-34-66)62-25-17-58(18-26-62)56-13-9-6-10-14-56/h5-54H,1-4H3/b77-47-,78-48+,79-49-,80-50-. The van der Waals surface area contributed by atoms with Crippen LogP contribution in [0.15, 0.2) is 279 Å². The largest absolute Gasteiger partial charge is 0.496 e. The zero-order valence-electron chi connectivity index (χ0n) is 51.0. The van der Waals surface area contributed by atoms with Gasteiger partial charge in [-0.2, -0.15) is 0 Å². The molecule has 0 bridgehead atoms.